The third-order valence-corrected chi connectivity index (χ3v) is 1.71. The van der Waals surface area contributed by atoms with Gasteiger partial charge < -0.3 is 24.2 Å². The molecule has 1 aromatic rings. The van der Waals surface area contributed by atoms with Crippen molar-refractivity contribution in [1.29, 1.82) is 0 Å². The van der Waals surface area contributed by atoms with Crippen LogP contribution in [0.5, 0.6) is 11.5 Å². The van der Waals surface area contributed by atoms with Crippen LogP contribution in [0.25, 0.3) is 0 Å². The highest BCUT2D eigenvalue weighted by molar-refractivity contribution is 6.33. The summed E-state index contributed by atoms with van der Waals surface area (Å²) >= 11 is 0. The zero-order valence-electron chi connectivity index (χ0n) is 9.33. The Bertz CT molecular complexity index is 368. The maximum atomic E-state index is 11.0. The normalized spacial score (nSPS) is 9.59. The number of carbonyl (C=O) groups excluding carboxylic acids is 1. The summed E-state index contributed by atoms with van der Waals surface area (Å²) < 4.78 is 14.4. The van der Waals surface area contributed by atoms with Crippen LogP contribution < -0.4 is 9.39 Å². The van der Waals surface area contributed by atoms with E-state index in [1.165, 1.54) is 12.1 Å². The Morgan fingerprint density at radius 1 is 1.35 bits per heavy atom. The van der Waals surface area contributed by atoms with Crippen molar-refractivity contribution in [1.82, 2.24) is 0 Å². The number of rotatable bonds is 6. The van der Waals surface area contributed by atoms with Crippen LogP contribution in [0.2, 0.25) is 0 Å². The lowest BCUT2D eigenvalue weighted by molar-refractivity contribution is -0.145. The molecule has 92 valence electrons. The first kappa shape index (κ1) is 13.3. The van der Waals surface area contributed by atoms with Gasteiger partial charge in [0.1, 0.15) is 11.5 Å². The van der Waals surface area contributed by atoms with E-state index in [0.717, 1.165) is 0 Å². The largest absolute Gasteiger partial charge is 0.707 e. The maximum absolute atomic E-state index is 11.0. The van der Waals surface area contributed by atoms with Crippen LogP contribution in [0, 0.1) is 0 Å². The second-order valence-electron chi connectivity index (χ2n) is 3.01. The Kier molecular flexibility index (Phi) is 5.31. The molecule has 0 fully saturated rings. The smallest absolute Gasteiger partial charge is 0.512 e. The average molecular weight is 240 g/mol. The Morgan fingerprint density at radius 3 is 2.71 bits per heavy atom. The van der Waals surface area contributed by atoms with Crippen LogP contribution in [-0.4, -0.2) is 36.6 Å². The second kappa shape index (κ2) is 6.77. The Labute approximate surface area is 98.9 Å². The predicted octanol–water partition coefficient (Wildman–Crippen LogP) is -0.0232. The molecule has 0 radical (unpaired) electrons. The van der Waals surface area contributed by atoms with Crippen LogP contribution in [0.4, 0.5) is 0 Å². The number of benzene rings is 1. The monoisotopic (exact) mass is 240 g/mol. The van der Waals surface area contributed by atoms with Gasteiger partial charge in [-0.1, -0.05) is 6.07 Å². The quantitative estimate of drug-likeness (QED) is 0.536. The van der Waals surface area contributed by atoms with Crippen LogP contribution >= 0.6 is 0 Å². The standard InChI is InChI=1S/C10H13BO6/c1-2-15-10(12)7-16-8-4-3-5-9(6-8)17-11(13)14/h3-6,13-14H,2,7H2,1H3. The molecule has 0 aliphatic rings. The summed E-state index contributed by atoms with van der Waals surface area (Å²) in [6.07, 6.45) is 0. The maximum Gasteiger partial charge on any atom is 0.707 e. The van der Waals surface area contributed by atoms with Crippen molar-refractivity contribution < 1.29 is 29.0 Å². The molecule has 7 heteroatoms. The van der Waals surface area contributed by atoms with Crippen LogP contribution in [-0.2, 0) is 9.53 Å². The second-order valence-corrected chi connectivity index (χ2v) is 3.01. The van der Waals surface area contributed by atoms with E-state index in [2.05, 4.69) is 9.39 Å². The number of esters is 1. The molecule has 0 aliphatic carbocycles. The molecule has 0 spiro atoms. The molecule has 0 amide bonds. The molecule has 1 aromatic carbocycles. The first-order valence-corrected chi connectivity index (χ1v) is 5.03. The first-order valence-electron chi connectivity index (χ1n) is 5.03. The Hall–Kier alpha value is -1.73. The Balaban J connectivity index is 2.51. The van der Waals surface area contributed by atoms with Crippen LogP contribution in [0.3, 0.4) is 0 Å². The molecule has 0 aromatic heterocycles. The van der Waals surface area contributed by atoms with Gasteiger partial charge in [0.05, 0.1) is 6.61 Å². The molecule has 0 saturated heterocycles. The fourth-order valence-electron chi connectivity index (χ4n) is 1.10. The van der Waals surface area contributed by atoms with E-state index in [0.29, 0.717) is 12.4 Å². The van der Waals surface area contributed by atoms with E-state index in [9.17, 15) is 4.79 Å². The van der Waals surface area contributed by atoms with Crippen molar-refractivity contribution in [3.8, 4) is 11.5 Å². The molecule has 0 bridgehead atoms. The van der Waals surface area contributed by atoms with Crippen molar-refractivity contribution in [3.05, 3.63) is 24.3 Å². The molecule has 0 saturated carbocycles. The fraction of sp³-hybridized carbons (Fsp3) is 0.300. The van der Waals surface area contributed by atoms with Crippen LogP contribution in [0.1, 0.15) is 6.92 Å². The van der Waals surface area contributed by atoms with E-state index in [-0.39, 0.29) is 12.4 Å². The van der Waals surface area contributed by atoms with Gasteiger partial charge in [0, 0.05) is 6.07 Å². The molecule has 17 heavy (non-hydrogen) atoms. The lowest BCUT2D eigenvalue weighted by Gasteiger charge is -2.08. The van der Waals surface area contributed by atoms with Crippen molar-refractivity contribution >= 4 is 13.3 Å². The SMILES string of the molecule is CCOC(=O)COc1cccc(OB(O)O)c1. The predicted molar refractivity (Wildman–Crippen MR) is 59.4 cm³/mol. The highest BCUT2D eigenvalue weighted by Crippen LogP contribution is 2.19. The summed E-state index contributed by atoms with van der Waals surface area (Å²) in [7, 11) is -1.89. The summed E-state index contributed by atoms with van der Waals surface area (Å²) in [5, 5.41) is 17.2. The molecule has 0 heterocycles. The number of hydrogen-bond donors (Lipinski definition) is 2. The van der Waals surface area contributed by atoms with Gasteiger partial charge in [-0.3, -0.25) is 0 Å². The lowest BCUT2D eigenvalue weighted by Crippen LogP contribution is -2.20. The molecule has 6 nitrogen and oxygen atoms in total. The van der Waals surface area contributed by atoms with Gasteiger partial charge in [-0.15, -0.1) is 0 Å². The highest BCUT2D eigenvalue weighted by atomic mass is 16.6. The van der Waals surface area contributed by atoms with Gasteiger partial charge in [-0.05, 0) is 19.1 Å². The minimum absolute atomic E-state index is 0.209. The number of carbonyl (C=O) groups is 1. The molecule has 0 atom stereocenters. The highest BCUT2D eigenvalue weighted by Gasteiger charge is 2.11. The van der Waals surface area contributed by atoms with Gasteiger partial charge in [-0.25, -0.2) is 4.79 Å². The van der Waals surface area contributed by atoms with E-state index < -0.39 is 13.3 Å². The van der Waals surface area contributed by atoms with Crippen LogP contribution in [0.15, 0.2) is 24.3 Å². The molecule has 0 aliphatic heterocycles. The molecule has 2 N–H and O–H groups in total. The van der Waals surface area contributed by atoms with Gasteiger partial charge in [0.15, 0.2) is 6.61 Å². The summed E-state index contributed by atoms with van der Waals surface area (Å²) in [5.41, 5.74) is 0. The van der Waals surface area contributed by atoms with Gasteiger partial charge in [0.25, 0.3) is 0 Å². The number of hydrogen-bond acceptors (Lipinski definition) is 6. The van der Waals surface area contributed by atoms with Crippen molar-refractivity contribution in [3.63, 3.8) is 0 Å². The van der Waals surface area contributed by atoms with E-state index in [4.69, 9.17) is 14.8 Å². The summed E-state index contributed by atoms with van der Waals surface area (Å²) in [6, 6.07) is 6.16. The lowest BCUT2D eigenvalue weighted by atomic mass is 10.2. The molecule has 1 rings (SSSR count). The van der Waals surface area contributed by atoms with Gasteiger partial charge in [-0.2, -0.15) is 0 Å². The molecular formula is C10H13BO6. The third kappa shape index (κ3) is 5.23. The minimum atomic E-state index is -1.89. The topological polar surface area (TPSA) is 85.2 Å². The Morgan fingerprint density at radius 2 is 2.06 bits per heavy atom. The third-order valence-electron chi connectivity index (χ3n) is 1.71. The average Bonchev–Trinajstić information content (AvgIpc) is 2.26. The summed E-state index contributed by atoms with van der Waals surface area (Å²) in [4.78, 5) is 11.0. The molecule has 0 unspecified atom stereocenters. The molecular weight excluding hydrogens is 227 g/mol. The fourth-order valence-corrected chi connectivity index (χ4v) is 1.10. The summed E-state index contributed by atoms with van der Waals surface area (Å²) in [6.45, 7) is 1.79. The number of ether oxygens (including phenoxy) is 2. The van der Waals surface area contributed by atoms with E-state index in [1.807, 2.05) is 0 Å². The van der Waals surface area contributed by atoms with Crippen molar-refractivity contribution in [2.75, 3.05) is 13.2 Å². The summed E-state index contributed by atoms with van der Waals surface area (Å²) in [5.74, 6) is 0.124. The van der Waals surface area contributed by atoms with Crippen molar-refractivity contribution in [2.24, 2.45) is 0 Å². The van der Waals surface area contributed by atoms with E-state index >= 15 is 0 Å². The zero-order chi connectivity index (χ0) is 12.7. The first-order chi connectivity index (χ1) is 8.11. The zero-order valence-corrected chi connectivity index (χ0v) is 9.33. The van der Waals surface area contributed by atoms with E-state index in [1.54, 1.807) is 19.1 Å². The van der Waals surface area contributed by atoms with Gasteiger partial charge >= 0.3 is 13.3 Å². The van der Waals surface area contributed by atoms with Gasteiger partial charge in [0.2, 0.25) is 0 Å². The minimum Gasteiger partial charge on any atom is -0.512 e. The van der Waals surface area contributed by atoms with Crippen molar-refractivity contribution in [2.45, 2.75) is 6.92 Å².